The molecular formula is C51H65N13O10S. The Kier molecular flexibility index (Phi) is 22.5. The lowest BCUT2D eigenvalue weighted by atomic mass is 9.93. The average Bonchev–Trinajstić information content (AvgIpc) is 3.82. The van der Waals surface area contributed by atoms with E-state index in [9.17, 15) is 19.2 Å². The highest BCUT2D eigenvalue weighted by Crippen LogP contribution is 2.32. The second-order valence-corrected chi connectivity index (χ2v) is 18.8. The molecule has 5 heterocycles. The number of carbonyl (C=O) groups is 4. The maximum absolute atomic E-state index is 13.5. The molecule has 0 saturated carbocycles. The lowest BCUT2D eigenvalue weighted by Crippen LogP contribution is -2.32. The van der Waals surface area contributed by atoms with Gasteiger partial charge in [-0.15, -0.1) is 0 Å². The van der Waals surface area contributed by atoms with Gasteiger partial charge in [-0.25, -0.2) is 24.9 Å². The summed E-state index contributed by atoms with van der Waals surface area (Å²) >= 11 is 1.24. The first kappa shape index (κ1) is 57.1. The second kappa shape index (κ2) is 29.6. The lowest BCUT2D eigenvalue weighted by Gasteiger charge is -2.24. The SMILES string of the molecule is CN(Cc1cnc2nc(N)nc(N)c2n1)c1ccc(C(=O)CC(CCC(=O)NCCOCCOCCOCCOCCOCCCC(=O)c2sc(Nc3ncccn3)nc2-c2ccccn2)C(=O)OC(C)(C)C)cc1. The van der Waals surface area contributed by atoms with Crippen LogP contribution in [0.1, 0.15) is 78.6 Å². The Bertz CT molecular complexity index is 2750. The van der Waals surface area contributed by atoms with Gasteiger partial charge in [-0.2, -0.15) is 9.97 Å². The number of rotatable bonds is 33. The Labute approximate surface area is 438 Å². The molecule has 23 nitrogen and oxygen atoms in total. The molecule has 5 aromatic heterocycles. The number of benzene rings is 1. The van der Waals surface area contributed by atoms with Gasteiger partial charge in [0, 0.05) is 69.3 Å². The number of Topliss-reactive ketones (excluding diaryl/α,β-unsaturated/α-hetero) is 2. The summed E-state index contributed by atoms with van der Waals surface area (Å²) in [7, 11) is 1.87. The molecule has 400 valence electrons. The number of pyridine rings is 1. The quantitative estimate of drug-likeness (QED) is 0.0226. The van der Waals surface area contributed by atoms with Crippen LogP contribution in [0, 0.1) is 5.92 Å². The van der Waals surface area contributed by atoms with Gasteiger partial charge in [-0.05, 0) is 76.1 Å². The Morgan fingerprint density at radius 1 is 0.720 bits per heavy atom. The molecule has 1 amide bonds. The molecule has 0 fully saturated rings. The van der Waals surface area contributed by atoms with Crippen molar-refractivity contribution in [3.05, 3.63) is 89.5 Å². The Morgan fingerprint density at radius 2 is 1.37 bits per heavy atom. The smallest absolute Gasteiger partial charge is 0.309 e. The molecular weight excluding hydrogens is 987 g/mol. The first-order chi connectivity index (χ1) is 36.2. The van der Waals surface area contributed by atoms with Crippen LogP contribution in [0.25, 0.3) is 22.6 Å². The highest BCUT2D eigenvalue weighted by Gasteiger charge is 2.29. The summed E-state index contributed by atoms with van der Waals surface area (Å²) in [5.74, 6) is -1.39. The number of amides is 1. The number of nitrogens with zero attached hydrogens (tertiary/aromatic N) is 9. The summed E-state index contributed by atoms with van der Waals surface area (Å²) in [6, 6.07) is 14.2. The first-order valence-electron chi connectivity index (χ1n) is 24.5. The highest BCUT2D eigenvalue weighted by atomic mass is 32.1. The molecule has 1 aromatic carbocycles. The molecule has 24 heteroatoms. The van der Waals surface area contributed by atoms with Gasteiger partial charge in [0.1, 0.15) is 16.2 Å². The van der Waals surface area contributed by atoms with Gasteiger partial charge >= 0.3 is 5.97 Å². The molecule has 0 bridgehead atoms. The van der Waals surface area contributed by atoms with Crippen LogP contribution in [0.4, 0.5) is 28.5 Å². The minimum Gasteiger partial charge on any atom is -0.460 e. The standard InChI is InChI=1S/C51H65N13O10S/c1-51(2,3)74-47(68)35(31-40(66)34-11-14-37(15-12-34)64(4)33-36-32-58-46-43(59-36)45(52)61-48(53)62-46)13-16-41(67)55-20-22-70-24-26-72-28-30-73-29-27-71-25-23-69-21-7-10-39(65)44-42(38-9-5-6-17-54-38)60-50(75-44)63-49-56-18-8-19-57-49/h5-6,8-9,11-12,14-15,17-19,32,35H,7,10,13,16,20-31,33H2,1-4H3,(H,55,67)(H,56,57,60,63)(H4,52,53,58,61,62). The van der Waals surface area contributed by atoms with Crippen LogP contribution in [-0.4, -0.2) is 149 Å². The zero-order valence-corrected chi connectivity index (χ0v) is 43.5. The molecule has 0 aliphatic carbocycles. The second-order valence-electron chi connectivity index (χ2n) is 17.8. The van der Waals surface area contributed by atoms with E-state index in [1.165, 1.54) is 11.3 Å². The van der Waals surface area contributed by atoms with Gasteiger partial charge in [0.2, 0.25) is 17.8 Å². The first-order valence-corrected chi connectivity index (χ1v) is 25.3. The molecule has 0 aliphatic rings. The van der Waals surface area contributed by atoms with E-state index in [4.69, 9.17) is 39.9 Å². The minimum absolute atomic E-state index is 0.0179. The van der Waals surface area contributed by atoms with Gasteiger partial charge in [-0.1, -0.05) is 17.4 Å². The third-order valence-electron chi connectivity index (χ3n) is 10.7. The van der Waals surface area contributed by atoms with Gasteiger partial charge in [0.15, 0.2) is 33.7 Å². The summed E-state index contributed by atoms with van der Waals surface area (Å²) in [5, 5.41) is 6.36. The third-order valence-corrected chi connectivity index (χ3v) is 11.8. The topological polar surface area (TPSA) is 306 Å². The molecule has 0 spiro atoms. The monoisotopic (exact) mass is 1050 g/mol. The fourth-order valence-corrected chi connectivity index (χ4v) is 8.05. The summed E-state index contributed by atoms with van der Waals surface area (Å²) < 4.78 is 33.6. The predicted molar refractivity (Wildman–Crippen MR) is 281 cm³/mol. The van der Waals surface area contributed by atoms with Crippen LogP contribution in [-0.2, 0) is 44.6 Å². The van der Waals surface area contributed by atoms with Crippen molar-refractivity contribution in [2.24, 2.45) is 5.92 Å². The maximum atomic E-state index is 13.5. The number of fused-ring (bicyclic) bond motifs is 1. The molecule has 0 radical (unpaired) electrons. The number of esters is 1. The van der Waals surface area contributed by atoms with Crippen molar-refractivity contribution in [2.75, 3.05) is 101 Å². The summed E-state index contributed by atoms with van der Waals surface area (Å²) in [5.41, 5.74) is 14.5. The number of thiazole rings is 1. The normalized spacial score (nSPS) is 11.8. The van der Waals surface area contributed by atoms with Crippen LogP contribution < -0.4 is 27.0 Å². The minimum atomic E-state index is -0.825. The molecule has 0 aliphatic heterocycles. The third kappa shape index (κ3) is 19.5. The fourth-order valence-electron chi connectivity index (χ4n) is 7.11. The van der Waals surface area contributed by atoms with Crippen LogP contribution in [0.5, 0.6) is 0 Å². The van der Waals surface area contributed by atoms with E-state index in [2.05, 4.69) is 50.5 Å². The van der Waals surface area contributed by atoms with Crippen LogP contribution in [0.15, 0.2) is 73.3 Å². The molecule has 75 heavy (non-hydrogen) atoms. The maximum Gasteiger partial charge on any atom is 0.309 e. The van der Waals surface area contributed by atoms with Crippen LogP contribution in [0.3, 0.4) is 0 Å². The van der Waals surface area contributed by atoms with Crippen molar-refractivity contribution in [1.29, 1.82) is 0 Å². The molecule has 1 unspecified atom stereocenters. The zero-order valence-electron chi connectivity index (χ0n) is 42.7. The van der Waals surface area contributed by atoms with Crippen LogP contribution >= 0.6 is 11.3 Å². The van der Waals surface area contributed by atoms with Crippen molar-refractivity contribution in [3.8, 4) is 11.4 Å². The van der Waals surface area contributed by atoms with Crippen molar-refractivity contribution in [2.45, 2.75) is 65.0 Å². The number of nitrogen functional groups attached to an aromatic ring is 2. The van der Waals surface area contributed by atoms with Crippen molar-refractivity contribution < 1.29 is 47.6 Å². The number of hydrogen-bond acceptors (Lipinski definition) is 23. The van der Waals surface area contributed by atoms with E-state index in [0.29, 0.717) is 122 Å². The summed E-state index contributed by atoms with van der Waals surface area (Å²) in [6.45, 7) is 9.59. The van der Waals surface area contributed by atoms with E-state index in [-0.39, 0.29) is 68.1 Å². The highest BCUT2D eigenvalue weighted by molar-refractivity contribution is 7.18. The Balaban J connectivity index is 0.767. The summed E-state index contributed by atoms with van der Waals surface area (Å²) in [4.78, 5) is 89.3. The largest absolute Gasteiger partial charge is 0.460 e. The van der Waals surface area contributed by atoms with Gasteiger partial charge < -0.3 is 55.4 Å². The van der Waals surface area contributed by atoms with E-state index in [1.54, 1.807) is 75.9 Å². The van der Waals surface area contributed by atoms with Crippen molar-refractivity contribution >= 4 is 74.5 Å². The van der Waals surface area contributed by atoms with Gasteiger partial charge in [0.25, 0.3) is 0 Å². The number of nitrogens with two attached hydrogens (primary N) is 2. The van der Waals surface area contributed by atoms with E-state index < -0.39 is 17.5 Å². The molecule has 6 N–H and O–H groups in total. The summed E-state index contributed by atoms with van der Waals surface area (Å²) in [6.07, 6.45) is 7.34. The number of nitrogens with one attached hydrogen (secondary N) is 2. The van der Waals surface area contributed by atoms with Gasteiger partial charge in [0.05, 0.1) is 89.5 Å². The van der Waals surface area contributed by atoms with E-state index >= 15 is 0 Å². The molecule has 0 saturated heterocycles. The van der Waals surface area contributed by atoms with E-state index in [0.717, 1.165) is 5.69 Å². The fraction of sp³-hybridized carbons (Fsp3) is 0.451. The number of ketones is 2. The number of ether oxygens (including phenoxy) is 6. The van der Waals surface area contributed by atoms with Crippen molar-refractivity contribution in [3.63, 3.8) is 0 Å². The number of aromatic nitrogens is 8. The number of anilines is 5. The van der Waals surface area contributed by atoms with Crippen LogP contribution in [0.2, 0.25) is 0 Å². The zero-order chi connectivity index (χ0) is 53.4. The average molecular weight is 1050 g/mol. The van der Waals surface area contributed by atoms with Gasteiger partial charge in [-0.3, -0.25) is 24.2 Å². The number of hydrogen-bond donors (Lipinski definition) is 4. The lowest BCUT2D eigenvalue weighted by molar-refractivity contribution is -0.160. The van der Waals surface area contributed by atoms with E-state index in [1.807, 2.05) is 30.1 Å². The Morgan fingerprint density at radius 3 is 2.03 bits per heavy atom. The Hall–Kier alpha value is -7.22. The molecule has 6 rings (SSSR count). The number of carbonyl (C=O) groups excluding carboxylic acids is 4. The molecule has 6 aromatic rings. The molecule has 1 atom stereocenters. The van der Waals surface area contributed by atoms with Crippen molar-refractivity contribution in [1.82, 2.24) is 45.2 Å². The predicted octanol–water partition coefficient (Wildman–Crippen LogP) is 5.45.